The summed E-state index contributed by atoms with van der Waals surface area (Å²) < 4.78 is 2.44. The van der Waals surface area contributed by atoms with Crippen LogP contribution in [0.25, 0.3) is 68.3 Å². The minimum atomic E-state index is -0.179. The molecule has 6 aromatic heterocycles. The van der Waals surface area contributed by atoms with Gasteiger partial charge < -0.3 is 14.7 Å². The van der Waals surface area contributed by atoms with Gasteiger partial charge in [-0.25, -0.2) is 59.8 Å². The van der Waals surface area contributed by atoms with Crippen LogP contribution in [0, 0.1) is 0 Å². The third kappa shape index (κ3) is 13.6. The van der Waals surface area contributed by atoms with Gasteiger partial charge in [-0.15, -0.1) is 0 Å². The molecule has 3 aliphatic heterocycles. The molecule has 0 atom stereocenters. The van der Waals surface area contributed by atoms with E-state index in [-0.39, 0.29) is 21.7 Å². The molecule has 560 valence electrons. The molecule has 20 rings (SSSR count). The van der Waals surface area contributed by atoms with Gasteiger partial charge in [-0.05, 0) is 183 Å². The molecule has 0 saturated carbocycles. The number of halogens is 3. The second kappa shape index (κ2) is 29.8. The molecule has 0 fully saturated rings. The molecule has 0 N–H and O–H groups in total. The maximum atomic E-state index is 5.09. The van der Waals surface area contributed by atoms with Gasteiger partial charge in [0.15, 0.2) is 34.9 Å². The van der Waals surface area contributed by atoms with Crippen molar-refractivity contribution in [2.45, 2.75) is 83.5 Å². The molecule has 115 heavy (non-hydrogen) atoms. The first-order valence-electron chi connectivity index (χ1n) is 38.1. The largest absolute Gasteiger partial charge is 0.307 e. The molecule has 1 aliphatic carbocycles. The smallest absolute Gasteiger partial charge is 0.159 e. The minimum absolute atomic E-state index is 0.144. The van der Waals surface area contributed by atoms with Crippen molar-refractivity contribution in [1.29, 1.82) is 0 Å². The van der Waals surface area contributed by atoms with Crippen molar-refractivity contribution in [3.63, 3.8) is 0 Å². The molecule has 0 saturated heterocycles. The number of anilines is 9. The summed E-state index contributed by atoms with van der Waals surface area (Å²) in [5, 5.41) is 0. The fraction of sp³-hybridized carbons (Fsp3) is 0.134. The van der Waals surface area contributed by atoms with E-state index in [0.29, 0.717) is 34.9 Å². The molecule has 16 aromatic rings. The molecule has 0 unspecified atom stereocenters. The summed E-state index contributed by atoms with van der Waals surface area (Å²) in [7, 11) is 0. The van der Waals surface area contributed by atoms with Gasteiger partial charge in [0.2, 0.25) is 0 Å². The maximum absolute atomic E-state index is 5.09. The van der Waals surface area contributed by atoms with E-state index in [4.69, 9.17) is 29.9 Å². The van der Waals surface area contributed by atoms with Crippen LogP contribution in [-0.4, -0.2) is 59.8 Å². The number of fused-ring (bicyclic) bond motifs is 8. The van der Waals surface area contributed by atoms with E-state index in [1.54, 1.807) is 37.2 Å². The molecule has 0 bridgehead atoms. The standard InChI is InChI=1S/C63H51N9.C18H9Br3N6.C16H16/c1-61(2)46-19-7-13-25-52(46)70(53-26-14-8-20-47(53)61)43-34-64-58(65-35-43)40-31-41(59-66-36-44(37-67-59)71-54-27-15-9-21-48(54)62(3,4)49-22-10-16-28-55(49)71)33-42(32-40)60-68-38-45(39-69-60)72-56-29-17-11-23-50(56)63(5,6)51-24-12-18-30-57(51)72;19-13-4-22-16(23-5-13)10-1-11(17-24-6-14(20)7-25-17)3-12(2-10)18-26-8-15(21)9-27-18;1-16(2)14-9-5-3-7-12(14)11-13-8-4-6-10-15(13)16/h7-39H,1-6H3;1-9H;3-10H,11H2,1-2H3. The molecule has 15 nitrogen and oxygen atoms in total. The van der Waals surface area contributed by atoms with Crippen LogP contribution in [0.15, 0.2) is 318 Å². The normalized spacial score (nSPS) is 14.4. The van der Waals surface area contributed by atoms with Crippen molar-refractivity contribution in [2.24, 2.45) is 0 Å². The van der Waals surface area contributed by atoms with E-state index in [0.717, 1.165) is 104 Å². The monoisotopic (exact) mass is 1690 g/mol. The van der Waals surface area contributed by atoms with Gasteiger partial charge in [0.25, 0.3) is 0 Å². The van der Waals surface area contributed by atoms with Crippen LogP contribution in [0.5, 0.6) is 0 Å². The van der Waals surface area contributed by atoms with Crippen LogP contribution in [0.4, 0.5) is 51.2 Å². The summed E-state index contributed by atoms with van der Waals surface area (Å²) in [6, 6.07) is 81.4. The summed E-state index contributed by atoms with van der Waals surface area (Å²) in [4.78, 5) is 63.7. The lowest BCUT2D eigenvalue weighted by Crippen LogP contribution is -2.30. The first-order valence-corrected chi connectivity index (χ1v) is 40.5. The van der Waals surface area contributed by atoms with Crippen LogP contribution in [0.1, 0.15) is 111 Å². The Labute approximate surface area is 694 Å². The van der Waals surface area contributed by atoms with Gasteiger partial charge in [0.1, 0.15) is 0 Å². The summed E-state index contributed by atoms with van der Waals surface area (Å²) >= 11 is 10.1. The highest BCUT2D eigenvalue weighted by atomic mass is 79.9. The molecule has 4 aliphatic rings. The zero-order valence-electron chi connectivity index (χ0n) is 64.4. The molecule has 0 radical (unpaired) electrons. The van der Waals surface area contributed by atoms with Crippen molar-refractivity contribution < 1.29 is 0 Å². The zero-order chi connectivity index (χ0) is 78.9. The van der Waals surface area contributed by atoms with E-state index < -0.39 is 0 Å². The van der Waals surface area contributed by atoms with E-state index in [1.807, 2.05) is 55.4 Å². The Bertz CT molecular complexity index is 5620. The SMILES string of the molecule is Brc1cnc(-c2cc(-c3ncc(Br)cn3)cc(-c3ncc(Br)cn3)c2)nc1.CC1(C)c2ccccc2Cc2ccccc21.CC1(C)c2ccccc2N(c2cnc(-c3cc(-c4ncc(N5c6ccccc6C(C)(C)c6ccccc65)cn4)cc(-c4ncc(N5c6ccccc6C(C)(C)c6ccccc65)cn4)c3)nc2)c2ccccc21. The number of hydrogen-bond donors (Lipinski definition) is 0. The lowest BCUT2D eigenvalue weighted by molar-refractivity contribution is 0.610. The van der Waals surface area contributed by atoms with Gasteiger partial charge in [-0.3, -0.25) is 0 Å². The second-order valence-corrected chi connectivity index (χ2v) is 33.9. The van der Waals surface area contributed by atoms with E-state index in [9.17, 15) is 0 Å². The molecule has 0 spiro atoms. The average molecular weight is 1690 g/mol. The topological polar surface area (TPSA) is 164 Å². The molecular formula is C97H76Br3N15. The Kier molecular flexibility index (Phi) is 19.2. The third-order valence-electron chi connectivity index (χ3n) is 22.6. The van der Waals surface area contributed by atoms with Gasteiger partial charge >= 0.3 is 0 Å². The first kappa shape index (κ1) is 74.0. The zero-order valence-corrected chi connectivity index (χ0v) is 69.2. The Morgan fingerprint density at radius 1 is 0.217 bits per heavy atom. The Morgan fingerprint density at radius 2 is 0.383 bits per heavy atom. The van der Waals surface area contributed by atoms with Crippen LogP contribution >= 0.6 is 47.8 Å². The number of rotatable bonds is 9. The van der Waals surface area contributed by atoms with Crippen molar-refractivity contribution >= 4 is 99.0 Å². The third-order valence-corrected chi connectivity index (χ3v) is 23.9. The molecular weight excluding hydrogens is 1610 g/mol. The highest BCUT2D eigenvalue weighted by Crippen LogP contribution is 2.55. The van der Waals surface area contributed by atoms with Crippen LogP contribution in [-0.2, 0) is 28.1 Å². The van der Waals surface area contributed by atoms with E-state index in [1.165, 1.54) is 55.6 Å². The van der Waals surface area contributed by atoms with Crippen molar-refractivity contribution in [1.82, 2.24) is 59.8 Å². The van der Waals surface area contributed by atoms with Crippen molar-refractivity contribution in [3.8, 4) is 68.3 Å². The predicted octanol–water partition coefficient (Wildman–Crippen LogP) is 24.6. The fourth-order valence-electron chi connectivity index (χ4n) is 16.9. The summed E-state index contributed by atoms with van der Waals surface area (Å²) in [6.45, 7) is 18.4. The van der Waals surface area contributed by atoms with Crippen LogP contribution in [0.3, 0.4) is 0 Å². The quantitative estimate of drug-likeness (QED) is 0.134. The molecule has 9 heterocycles. The highest BCUT2D eigenvalue weighted by Gasteiger charge is 2.40. The second-order valence-electron chi connectivity index (χ2n) is 31.2. The van der Waals surface area contributed by atoms with Gasteiger partial charge in [0.05, 0.1) is 102 Å². The number of nitrogens with zero attached hydrogens (tertiary/aromatic N) is 15. The Morgan fingerprint density at radius 3 is 0.591 bits per heavy atom. The van der Waals surface area contributed by atoms with E-state index >= 15 is 0 Å². The first-order chi connectivity index (χ1) is 55.8. The minimum Gasteiger partial charge on any atom is -0.307 e. The lowest BCUT2D eigenvalue weighted by atomic mass is 9.69. The fourth-order valence-corrected chi connectivity index (χ4v) is 17.5. The summed E-state index contributed by atoms with van der Waals surface area (Å²) in [5.41, 5.74) is 27.2. The molecule has 10 aromatic carbocycles. The number of aromatic nitrogens is 12. The van der Waals surface area contributed by atoms with Gasteiger partial charge in [0, 0.05) is 92.2 Å². The summed E-state index contributed by atoms with van der Waals surface area (Å²) in [6.07, 6.45) is 22.8. The Hall–Kier alpha value is -12.5. The van der Waals surface area contributed by atoms with Gasteiger partial charge in [-0.1, -0.05) is 213 Å². The van der Waals surface area contributed by atoms with Crippen LogP contribution < -0.4 is 14.7 Å². The molecule has 0 amide bonds. The van der Waals surface area contributed by atoms with E-state index in [2.05, 4.69) is 360 Å². The average Bonchev–Trinajstić information content (AvgIpc) is 0.740. The van der Waals surface area contributed by atoms with Crippen LogP contribution in [0.2, 0.25) is 0 Å². The Balaban J connectivity index is 0.000000172. The number of benzene rings is 10. The molecule has 18 heteroatoms. The lowest BCUT2D eigenvalue weighted by Gasteiger charge is -2.41. The van der Waals surface area contributed by atoms with Crippen molar-refractivity contribution in [3.05, 3.63) is 374 Å². The predicted molar refractivity (Wildman–Crippen MR) is 470 cm³/mol. The highest BCUT2D eigenvalue weighted by molar-refractivity contribution is 9.11. The number of hydrogen-bond acceptors (Lipinski definition) is 15. The van der Waals surface area contributed by atoms with Gasteiger partial charge in [-0.2, -0.15) is 0 Å². The maximum Gasteiger partial charge on any atom is 0.159 e. The van der Waals surface area contributed by atoms with Crippen molar-refractivity contribution in [2.75, 3.05) is 14.7 Å². The number of para-hydroxylation sites is 6. The summed E-state index contributed by atoms with van der Waals surface area (Å²) in [5.74, 6) is 3.45.